The third-order valence-electron chi connectivity index (χ3n) is 2.29. The van der Waals surface area contributed by atoms with Crippen LogP contribution in [0, 0.1) is 0 Å². The lowest BCUT2D eigenvalue weighted by Gasteiger charge is -2.04. The Morgan fingerprint density at radius 2 is 2.42 bits per heavy atom. The number of anilines is 1. The zero-order chi connectivity index (χ0) is 13.7. The molecule has 19 heavy (non-hydrogen) atoms. The molecule has 0 bridgehead atoms. The van der Waals surface area contributed by atoms with Crippen molar-refractivity contribution >= 4 is 45.0 Å². The van der Waals surface area contributed by atoms with Crippen molar-refractivity contribution in [3.63, 3.8) is 0 Å². The van der Waals surface area contributed by atoms with Crippen LogP contribution in [-0.2, 0) is 9.53 Å². The van der Waals surface area contributed by atoms with Gasteiger partial charge < -0.3 is 15.8 Å². The first-order chi connectivity index (χ1) is 9.20. The van der Waals surface area contributed by atoms with E-state index >= 15 is 0 Å². The van der Waals surface area contributed by atoms with E-state index in [0.29, 0.717) is 24.1 Å². The van der Waals surface area contributed by atoms with E-state index in [9.17, 15) is 4.79 Å². The van der Waals surface area contributed by atoms with Crippen LogP contribution < -0.4 is 11.1 Å². The van der Waals surface area contributed by atoms with Gasteiger partial charge in [0.1, 0.15) is 10.6 Å². The maximum absolute atomic E-state index is 11.5. The van der Waals surface area contributed by atoms with Gasteiger partial charge in [-0.15, -0.1) is 11.3 Å². The van der Waals surface area contributed by atoms with E-state index in [1.54, 1.807) is 7.11 Å². The largest absolute Gasteiger partial charge is 0.383 e. The molecule has 6 nitrogen and oxygen atoms in total. The number of aromatic nitrogens is 2. The Balaban J connectivity index is 1.92. The highest BCUT2D eigenvalue weighted by atomic mass is 32.2. The van der Waals surface area contributed by atoms with Crippen molar-refractivity contribution in [2.45, 2.75) is 5.16 Å². The third-order valence-corrected chi connectivity index (χ3v) is 3.95. The highest BCUT2D eigenvalue weighted by Crippen LogP contribution is 2.25. The highest BCUT2D eigenvalue weighted by molar-refractivity contribution is 7.99. The molecule has 0 aliphatic carbocycles. The summed E-state index contributed by atoms with van der Waals surface area (Å²) in [5, 5.41) is 6.03. The molecule has 2 aromatic rings. The number of thiophene rings is 1. The van der Waals surface area contributed by atoms with Gasteiger partial charge in [-0.1, -0.05) is 11.8 Å². The molecule has 8 heteroatoms. The van der Waals surface area contributed by atoms with Crippen LogP contribution in [0.4, 0.5) is 5.82 Å². The normalized spacial score (nSPS) is 10.8. The number of methoxy groups -OCH3 is 1. The first-order valence-electron chi connectivity index (χ1n) is 5.60. The van der Waals surface area contributed by atoms with Gasteiger partial charge in [0.25, 0.3) is 0 Å². The number of carbonyl (C=O) groups is 1. The van der Waals surface area contributed by atoms with E-state index < -0.39 is 0 Å². The zero-order valence-corrected chi connectivity index (χ0v) is 12.0. The van der Waals surface area contributed by atoms with Gasteiger partial charge in [-0.25, -0.2) is 9.97 Å². The molecular weight excluding hydrogens is 284 g/mol. The van der Waals surface area contributed by atoms with Crippen molar-refractivity contribution in [3.8, 4) is 0 Å². The summed E-state index contributed by atoms with van der Waals surface area (Å²) >= 11 is 2.78. The number of rotatable bonds is 6. The summed E-state index contributed by atoms with van der Waals surface area (Å²) in [5.41, 5.74) is 5.83. The summed E-state index contributed by atoms with van der Waals surface area (Å²) < 4.78 is 4.85. The van der Waals surface area contributed by atoms with Crippen LogP contribution in [0.2, 0.25) is 0 Å². The maximum atomic E-state index is 11.5. The fourth-order valence-corrected chi connectivity index (χ4v) is 2.91. The number of hydrogen-bond acceptors (Lipinski definition) is 7. The Morgan fingerprint density at radius 1 is 1.58 bits per heavy atom. The minimum absolute atomic E-state index is 0.0736. The zero-order valence-electron chi connectivity index (χ0n) is 10.4. The Labute approximate surface area is 118 Å². The third kappa shape index (κ3) is 3.79. The Kier molecular flexibility index (Phi) is 4.94. The molecule has 0 spiro atoms. The summed E-state index contributed by atoms with van der Waals surface area (Å²) in [7, 11) is 1.59. The number of amides is 1. The number of fused-ring (bicyclic) bond motifs is 1. The first kappa shape index (κ1) is 14.0. The summed E-state index contributed by atoms with van der Waals surface area (Å²) in [6.07, 6.45) is 0. The molecule has 2 rings (SSSR count). The lowest BCUT2D eigenvalue weighted by Crippen LogP contribution is -2.28. The van der Waals surface area contributed by atoms with Crippen molar-refractivity contribution in [1.82, 2.24) is 15.3 Å². The first-order valence-corrected chi connectivity index (χ1v) is 7.46. The smallest absolute Gasteiger partial charge is 0.230 e. The summed E-state index contributed by atoms with van der Waals surface area (Å²) in [6, 6.07) is 1.89. The van der Waals surface area contributed by atoms with Crippen LogP contribution in [0.15, 0.2) is 16.6 Å². The maximum Gasteiger partial charge on any atom is 0.230 e. The number of nitrogens with one attached hydrogen (secondary N) is 1. The molecule has 2 heterocycles. The second-order valence-electron chi connectivity index (χ2n) is 3.66. The molecule has 0 saturated carbocycles. The van der Waals surface area contributed by atoms with Crippen molar-refractivity contribution in [2.75, 3.05) is 31.7 Å². The van der Waals surface area contributed by atoms with Crippen LogP contribution in [0.25, 0.3) is 10.2 Å². The Bertz CT molecular complexity index is 573. The van der Waals surface area contributed by atoms with E-state index in [-0.39, 0.29) is 11.7 Å². The Hall–Kier alpha value is -1.38. The summed E-state index contributed by atoms with van der Waals surface area (Å²) in [6.45, 7) is 1.00. The fraction of sp³-hybridized carbons (Fsp3) is 0.364. The van der Waals surface area contributed by atoms with Crippen molar-refractivity contribution in [3.05, 3.63) is 11.4 Å². The van der Waals surface area contributed by atoms with Crippen molar-refractivity contribution in [1.29, 1.82) is 0 Å². The second-order valence-corrected chi connectivity index (χ2v) is 5.50. The summed E-state index contributed by atoms with van der Waals surface area (Å²) in [5.74, 6) is 0.643. The number of thioether (sulfide) groups is 1. The molecule has 3 N–H and O–H groups in total. The predicted molar refractivity (Wildman–Crippen MR) is 77.4 cm³/mol. The van der Waals surface area contributed by atoms with Crippen LogP contribution >= 0.6 is 23.1 Å². The summed E-state index contributed by atoms with van der Waals surface area (Å²) in [4.78, 5) is 20.9. The van der Waals surface area contributed by atoms with E-state index in [1.165, 1.54) is 23.1 Å². The van der Waals surface area contributed by atoms with Crippen molar-refractivity contribution in [2.24, 2.45) is 0 Å². The highest BCUT2D eigenvalue weighted by Gasteiger charge is 2.09. The number of hydrogen-bond donors (Lipinski definition) is 2. The number of carbonyl (C=O) groups excluding carboxylic acids is 1. The van der Waals surface area contributed by atoms with Crippen LogP contribution in [0.3, 0.4) is 0 Å². The molecule has 0 aliphatic heterocycles. The molecule has 1 amide bonds. The van der Waals surface area contributed by atoms with E-state index in [1.807, 2.05) is 11.4 Å². The second kappa shape index (κ2) is 6.69. The standard InChI is InChI=1S/C11H14N4O2S2/c1-17-4-3-13-8(16)6-19-11-14-9(12)7-2-5-18-10(7)15-11/h2,5H,3-4,6H2,1H3,(H,13,16)(H2,12,14,15). The van der Waals surface area contributed by atoms with Gasteiger partial charge in [0.2, 0.25) is 5.91 Å². The molecule has 102 valence electrons. The van der Waals surface area contributed by atoms with Crippen molar-refractivity contribution < 1.29 is 9.53 Å². The topological polar surface area (TPSA) is 90.1 Å². The number of nitrogens with zero attached hydrogens (tertiary/aromatic N) is 2. The molecule has 0 saturated heterocycles. The van der Waals surface area contributed by atoms with Gasteiger partial charge >= 0.3 is 0 Å². The Morgan fingerprint density at radius 3 is 3.21 bits per heavy atom. The lowest BCUT2D eigenvalue weighted by atomic mass is 10.4. The SMILES string of the molecule is COCCNC(=O)CSc1nc(N)c2ccsc2n1. The monoisotopic (exact) mass is 298 g/mol. The molecular formula is C11H14N4O2S2. The molecule has 0 aliphatic rings. The molecule has 0 aromatic carbocycles. The molecule has 0 radical (unpaired) electrons. The number of nitrogen functional groups attached to an aromatic ring is 1. The molecule has 0 fully saturated rings. The van der Waals surface area contributed by atoms with Gasteiger partial charge in [-0.2, -0.15) is 0 Å². The quantitative estimate of drug-likeness (QED) is 0.472. The average Bonchev–Trinajstić information content (AvgIpc) is 2.85. The van der Waals surface area contributed by atoms with Gasteiger partial charge in [0, 0.05) is 13.7 Å². The molecule has 2 aromatic heterocycles. The van der Waals surface area contributed by atoms with Gasteiger partial charge in [0.15, 0.2) is 5.16 Å². The molecule has 0 atom stereocenters. The van der Waals surface area contributed by atoms with Crippen LogP contribution in [-0.4, -0.2) is 41.9 Å². The lowest BCUT2D eigenvalue weighted by molar-refractivity contribution is -0.118. The fourth-order valence-electron chi connectivity index (χ4n) is 1.40. The van der Waals surface area contributed by atoms with E-state index in [4.69, 9.17) is 10.5 Å². The van der Waals surface area contributed by atoms with Crippen LogP contribution in [0.1, 0.15) is 0 Å². The van der Waals surface area contributed by atoms with Gasteiger partial charge in [0.05, 0.1) is 17.7 Å². The average molecular weight is 298 g/mol. The van der Waals surface area contributed by atoms with Crippen LogP contribution in [0.5, 0.6) is 0 Å². The molecule has 0 unspecified atom stereocenters. The minimum Gasteiger partial charge on any atom is -0.383 e. The van der Waals surface area contributed by atoms with Gasteiger partial charge in [-0.05, 0) is 11.4 Å². The van der Waals surface area contributed by atoms with E-state index in [0.717, 1.165) is 10.2 Å². The number of nitrogens with two attached hydrogens (primary N) is 1. The predicted octanol–water partition coefficient (Wildman–Crippen LogP) is 1.13. The minimum atomic E-state index is -0.0736. The van der Waals surface area contributed by atoms with E-state index in [2.05, 4.69) is 15.3 Å². The number of ether oxygens (including phenoxy) is 1. The van der Waals surface area contributed by atoms with Gasteiger partial charge in [-0.3, -0.25) is 4.79 Å².